The number of carbonyl (C=O) groups excluding carboxylic acids is 1. The number of carbonyl (C=O) groups is 1. The van der Waals surface area contributed by atoms with E-state index in [0.717, 1.165) is 35.6 Å². The Bertz CT molecular complexity index is 1580. The van der Waals surface area contributed by atoms with Gasteiger partial charge in [-0.15, -0.1) is 11.3 Å². The van der Waals surface area contributed by atoms with Crippen molar-refractivity contribution < 1.29 is 35.9 Å². The number of ether oxygens (including phenoxy) is 1. The zero-order chi connectivity index (χ0) is 29.9. The minimum Gasteiger partial charge on any atom is -0.488 e. The Morgan fingerprint density at radius 2 is 1.88 bits per heavy atom. The van der Waals surface area contributed by atoms with Crippen molar-refractivity contribution >= 4 is 43.0 Å². The van der Waals surface area contributed by atoms with Crippen LogP contribution in [0.1, 0.15) is 19.4 Å². The molecule has 0 unspecified atom stereocenters. The lowest BCUT2D eigenvalue weighted by Crippen LogP contribution is -2.48. The molecule has 10 nitrogen and oxygen atoms in total. The number of aliphatic hydroxyl groups is 1. The quantitative estimate of drug-likeness (QED) is 0.373. The van der Waals surface area contributed by atoms with E-state index < -0.39 is 38.0 Å². The second-order valence-electron chi connectivity index (χ2n) is 9.99. The molecule has 2 N–H and O–H groups in total. The third-order valence-electron chi connectivity index (χ3n) is 6.89. The lowest BCUT2D eigenvalue weighted by Gasteiger charge is -2.33. The maximum Gasteiger partial charge on any atom is 0.261 e. The minimum atomic E-state index is -4.05. The number of thiophene rings is 1. The van der Waals surface area contributed by atoms with Crippen LogP contribution in [0.15, 0.2) is 69.1 Å². The molecule has 222 valence electrons. The number of likely N-dealkylation sites (N-methyl/N-ethyl adjacent to an activating group) is 1. The number of fused-ring (bicyclic) bond motifs is 1. The van der Waals surface area contributed by atoms with Crippen molar-refractivity contribution in [2.45, 2.75) is 41.5 Å². The van der Waals surface area contributed by atoms with Gasteiger partial charge in [0.15, 0.2) is 0 Å². The van der Waals surface area contributed by atoms with E-state index in [1.165, 1.54) is 40.5 Å². The number of amides is 1. The highest BCUT2D eigenvalue weighted by atomic mass is 32.2. The predicted molar refractivity (Wildman–Crippen MR) is 153 cm³/mol. The Hall–Kier alpha value is -3.04. The van der Waals surface area contributed by atoms with E-state index >= 15 is 0 Å². The molecule has 1 aliphatic rings. The molecule has 0 saturated carbocycles. The summed E-state index contributed by atoms with van der Waals surface area (Å²) >= 11 is 1.11. The molecule has 1 aliphatic heterocycles. The van der Waals surface area contributed by atoms with Gasteiger partial charge >= 0.3 is 0 Å². The number of sulfonamides is 2. The van der Waals surface area contributed by atoms with Crippen LogP contribution in [0.5, 0.6) is 5.75 Å². The van der Waals surface area contributed by atoms with Gasteiger partial charge in [0.2, 0.25) is 5.91 Å². The summed E-state index contributed by atoms with van der Waals surface area (Å²) in [6, 6.07) is 11.5. The molecule has 14 heteroatoms. The average Bonchev–Trinajstić information content (AvgIpc) is 3.48. The number of halogens is 1. The Morgan fingerprint density at radius 3 is 2.51 bits per heavy atom. The lowest BCUT2D eigenvalue weighted by atomic mass is 10.0. The first-order valence-electron chi connectivity index (χ1n) is 12.8. The van der Waals surface area contributed by atoms with E-state index in [-0.39, 0.29) is 52.7 Å². The van der Waals surface area contributed by atoms with Crippen LogP contribution in [0.4, 0.5) is 10.1 Å². The number of hydrogen-bond acceptors (Lipinski definition) is 8. The summed E-state index contributed by atoms with van der Waals surface area (Å²) in [6.07, 6.45) is -0.830. The van der Waals surface area contributed by atoms with Crippen LogP contribution < -0.4 is 9.46 Å². The molecule has 1 aromatic heterocycles. The fraction of sp³-hybridized carbons (Fsp3) is 0.370. The van der Waals surface area contributed by atoms with E-state index in [1.807, 2.05) is 6.92 Å². The molecular formula is C27H32FN3O7S3. The summed E-state index contributed by atoms with van der Waals surface area (Å²) in [7, 11) is -6.37. The lowest BCUT2D eigenvalue weighted by molar-refractivity contribution is -0.134. The van der Waals surface area contributed by atoms with E-state index in [9.17, 15) is 31.1 Å². The summed E-state index contributed by atoms with van der Waals surface area (Å²) in [4.78, 5) is 14.8. The van der Waals surface area contributed by atoms with Crippen LogP contribution in [0.2, 0.25) is 0 Å². The Labute approximate surface area is 243 Å². The Balaban J connectivity index is 1.68. The van der Waals surface area contributed by atoms with Crippen molar-refractivity contribution in [1.82, 2.24) is 9.21 Å². The van der Waals surface area contributed by atoms with Crippen LogP contribution >= 0.6 is 11.3 Å². The number of hydrogen-bond donors (Lipinski definition) is 2. The molecule has 41 heavy (non-hydrogen) atoms. The Morgan fingerprint density at radius 1 is 1.17 bits per heavy atom. The molecule has 0 fully saturated rings. The largest absolute Gasteiger partial charge is 0.488 e. The smallest absolute Gasteiger partial charge is 0.261 e. The van der Waals surface area contributed by atoms with Crippen LogP contribution in [0.3, 0.4) is 0 Å². The van der Waals surface area contributed by atoms with Gasteiger partial charge in [-0.3, -0.25) is 9.52 Å². The summed E-state index contributed by atoms with van der Waals surface area (Å²) < 4.78 is 75.5. The third kappa shape index (κ3) is 7.07. The molecule has 2 aromatic carbocycles. The summed E-state index contributed by atoms with van der Waals surface area (Å²) in [5.74, 6) is -0.907. The second-order valence-corrected chi connectivity index (χ2v) is 14.9. The summed E-state index contributed by atoms with van der Waals surface area (Å²) in [5, 5.41) is 11.5. The highest BCUT2D eigenvalue weighted by molar-refractivity contribution is 7.92. The van der Waals surface area contributed by atoms with Crippen molar-refractivity contribution in [3.63, 3.8) is 0 Å². The third-order valence-corrected chi connectivity index (χ3v) is 11.5. The molecule has 0 bridgehead atoms. The average molecular weight is 626 g/mol. The topological polar surface area (TPSA) is 133 Å². The van der Waals surface area contributed by atoms with Gasteiger partial charge in [0.05, 0.1) is 30.5 Å². The zero-order valence-corrected chi connectivity index (χ0v) is 25.2. The van der Waals surface area contributed by atoms with Gasteiger partial charge in [-0.25, -0.2) is 21.2 Å². The maximum atomic E-state index is 13.4. The molecule has 2 heterocycles. The molecule has 3 atom stereocenters. The molecule has 4 rings (SSSR count). The maximum absolute atomic E-state index is 13.4. The molecule has 3 aromatic rings. The van der Waals surface area contributed by atoms with Crippen molar-refractivity contribution in [2.75, 3.05) is 31.5 Å². The summed E-state index contributed by atoms with van der Waals surface area (Å²) in [5.41, 5.74) is 0.541. The highest BCUT2D eigenvalue weighted by Gasteiger charge is 2.34. The number of nitrogens with one attached hydrogen (secondary N) is 1. The van der Waals surface area contributed by atoms with E-state index in [2.05, 4.69) is 4.72 Å². The fourth-order valence-electron chi connectivity index (χ4n) is 4.45. The van der Waals surface area contributed by atoms with Crippen molar-refractivity contribution in [2.24, 2.45) is 5.92 Å². The van der Waals surface area contributed by atoms with Crippen LogP contribution in [-0.2, 0) is 31.3 Å². The van der Waals surface area contributed by atoms with Gasteiger partial charge in [-0.1, -0.05) is 13.0 Å². The van der Waals surface area contributed by atoms with Crippen molar-refractivity contribution in [3.8, 4) is 5.75 Å². The summed E-state index contributed by atoms with van der Waals surface area (Å²) in [6.45, 7) is 3.46. The number of benzene rings is 2. The molecule has 1 amide bonds. The van der Waals surface area contributed by atoms with Gasteiger partial charge in [0.1, 0.15) is 21.9 Å². The zero-order valence-electron chi connectivity index (χ0n) is 22.7. The van der Waals surface area contributed by atoms with Crippen molar-refractivity contribution in [1.29, 1.82) is 0 Å². The first-order valence-corrected chi connectivity index (χ1v) is 16.6. The number of nitrogens with zero attached hydrogens (tertiary/aromatic N) is 2. The predicted octanol–water partition coefficient (Wildman–Crippen LogP) is 3.16. The molecule has 0 spiro atoms. The van der Waals surface area contributed by atoms with Gasteiger partial charge in [-0.2, -0.15) is 4.31 Å². The van der Waals surface area contributed by atoms with E-state index in [4.69, 9.17) is 4.74 Å². The highest BCUT2D eigenvalue weighted by Crippen LogP contribution is 2.31. The standard InChI is InChI=1S/C27H32FN3O7S3/c1-18-15-31(19(2)17-32)26(33)14-20-13-22(29-40(34,35)23-9-6-21(28)7-10-23)8-11-24(20)38-25(18)16-30(3)41(36,37)27-5-4-12-39-27/h4-13,18-19,25,29,32H,14-17H2,1-3H3/t18-,19-,25+/m1/s1. The van der Waals surface area contributed by atoms with E-state index in [0.29, 0.717) is 11.3 Å². The second kappa shape index (κ2) is 12.4. The normalized spacial score (nSPS) is 19.1. The first-order chi connectivity index (χ1) is 19.3. The van der Waals surface area contributed by atoms with Gasteiger partial charge < -0.3 is 14.7 Å². The fourth-order valence-corrected chi connectivity index (χ4v) is 7.89. The molecule has 0 saturated heterocycles. The molecular weight excluding hydrogens is 594 g/mol. The number of rotatable bonds is 9. The minimum absolute atomic E-state index is 0.0185. The first kappa shape index (κ1) is 30.9. The van der Waals surface area contributed by atoms with Gasteiger partial charge in [-0.05, 0) is 60.8 Å². The van der Waals surface area contributed by atoms with Crippen LogP contribution in [0.25, 0.3) is 0 Å². The number of anilines is 1. The van der Waals surface area contributed by atoms with Gasteiger partial charge in [0.25, 0.3) is 20.0 Å². The SMILES string of the molecule is C[C@@H]1CN([C@H](C)CO)C(=O)Cc2cc(NS(=O)(=O)c3ccc(F)cc3)ccc2O[C@H]1CN(C)S(=O)(=O)c1cccs1. The van der Waals surface area contributed by atoms with Gasteiger partial charge in [0, 0.05) is 30.8 Å². The monoisotopic (exact) mass is 625 g/mol. The molecule has 0 aliphatic carbocycles. The van der Waals surface area contributed by atoms with Crippen LogP contribution in [-0.4, -0.2) is 75.9 Å². The Kier molecular flexibility index (Phi) is 9.39. The molecule has 0 radical (unpaired) electrons. The van der Waals surface area contributed by atoms with Crippen molar-refractivity contribution in [3.05, 3.63) is 71.4 Å². The van der Waals surface area contributed by atoms with E-state index in [1.54, 1.807) is 18.4 Å². The number of aliphatic hydroxyl groups excluding tert-OH is 1. The van der Waals surface area contributed by atoms with Crippen LogP contribution in [0, 0.1) is 11.7 Å².